The van der Waals surface area contributed by atoms with Crippen LogP contribution in [0.1, 0.15) is 30.5 Å². The highest BCUT2D eigenvalue weighted by Crippen LogP contribution is 2.28. The molecular weight excluding hydrogens is 459 g/mol. The molecule has 2 unspecified atom stereocenters. The van der Waals surface area contributed by atoms with E-state index in [1.165, 1.54) is 24.8 Å². The topological polar surface area (TPSA) is 62.5 Å². The van der Waals surface area contributed by atoms with Crippen molar-refractivity contribution >= 4 is 41.7 Å². The van der Waals surface area contributed by atoms with Crippen LogP contribution in [0, 0.1) is 6.92 Å². The van der Waals surface area contributed by atoms with Gasteiger partial charge in [0.1, 0.15) is 6.26 Å². The van der Waals surface area contributed by atoms with Crippen LogP contribution in [0.15, 0.2) is 39.9 Å². The maximum absolute atomic E-state index is 5.60. The lowest BCUT2D eigenvalue weighted by Crippen LogP contribution is -2.42. The number of benzene rings is 1. The molecule has 0 bridgehead atoms. The van der Waals surface area contributed by atoms with E-state index >= 15 is 0 Å². The summed E-state index contributed by atoms with van der Waals surface area (Å²) in [5.41, 5.74) is 3.09. The van der Waals surface area contributed by atoms with E-state index in [0.29, 0.717) is 18.5 Å². The number of aliphatic imine (C=N–C) groups is 1. The van der Waals surface area contributed by atoms with E-state index in [9.17, 15) is 0 Å². The first kappa shape index (κ1) is 21.1. The third-order valence-corrected chi connectivity index (χ3v) is 5.66. The standard InChI is InChI=1S/C19H26N4OS.HI/c1-13-4-6-14(7-5-13)18-22-16(12-24-18)11-21-19(20-2)23-15-8-9-17(10-15)25-3;/h4-7,12,15,17H,8-11H2,1-3H3,(H2,20,21,23);1H. The molecule has 0 spiro atoms. The van der Waals surface area contributed by atoms with Crippen molar-refractivity contribution in [1.29, 1.82) is 0 Å². The van der Waals surface area contributed by atoms with E-state index in [2.05, 4.69) is 45.9 Å². The third kappa shape index (κ3) is 5.64. The summed E-state index contributed by atoms with van der Waals surface area (Å²) in [4.78, 5) is 8.88. The summed E-state index contributed by atoms with van der Waals surface area (Å²) in [7, 11) is 1.80. The molecule has 1 aliphatic carbocycles. The second kappa shape index (κ2) is 10.2. The van der Waals surface area contributed by atoms with Crippen molar-refractivity contribution in [2.45, 2.75) is 44.0 Å². The second-order valence-corrected chi connectivity index (χ2v) is 7.59. The molecule has 1 aromatic heterocycles. The van der Waals surface area contributed by atoms with E-state index in [4.69, 9.17) is 4.42 Å². The van der Waals surface area contributed by atoms with Gasteiger partial charge >= 0.3 is 0 Å². The summed E-state index contributed by atoms with van der Waals surface area (Å²) >= 11 is 1.96. The summed E-state index contributed by atoms with van der Waals surface area (Å²) < 4.78 is 5.60. The highest BCUT2D eigenvalue weighted by atomic mass is 127. The molecule has 2 aromatic rings. The fourth-order valence-corrected chi connectivity index (χ4v) is 3.86. The molecule has 0 saturated heterocycles. The van der Waals surface area contributed by atoms with Crippen LogP contribution < -0.4 is 10.6 Å². The summed E-state index contributed by atoms with van der Waals surface area (Å²) in [5, 5.41) is 7.61. The number of rotatable bonds is 5. The zero-order valence-electron chi connectivity index (χ0n) is 15.5. The minimum atomic E-state index is 0. The zero-order valence-corrected chi connectivity index (χ0v) is 18.6. The zero-order chi connectivity index (χ0) is 17.6. The smallest absolute Gasteiger partial charge is 0.226 e. The normalized spacial score (nSPS) is 19.9. The minimum absolute atomic E-state index is 0. The number of aromatic nitrogens is 1. The molecule has 2 atom stereocenters. The van der Waals surface area contributed by atoms with Gasteiger partial charge in [-0.05, 0) is 44.6 Å². The molecule has 26 heavy (non-hydrogen) atoms. The largest absolute Gasteiger partial charge is 0.444 e. The van der Waals surface area contributed by atoms with Crippen LogP contribution in [-0.4, -0.2) is 35.5 Å². The van der Waals surface area contributed by atoms with Gasteiger partial charge in [-0.25, -0.2) is 4.98 Å². The number of nitrogens with zero attached hydrogens (tertiary/aromatic N) is 2. The van der Waals surface area contributed by atoms with Crippen LogP contribution >= 0.6 is 35.7 Å². The Bertz CT molecular complexity index is 717. The lowest BCUT2D eigenvalue weighted by molar-refractivity contribution is 0.571. The number of guanidine groups is 1. The number of thioether (sulfide) groups is 1. The van der Waals surface area contributed by atoms with Crippen molar-refractivity contribution in [3.8, 4) is 11.5 Å². The summed E-state index contributed by atoms with van der Waals surface area (Å²) in [6, 6.07) is 8.69. The molecule has 1 aromatic carbocycles. The molecule has 2 N–H and O–H groups in total. The van der Waals surface area contributed by atoms with E-state index in [1.807, 2.05) is 23.9 Å². The molecule has 1 fully saturated rings. The Labute approximate surface area is 176 Å². The Morgan fingerprint density at radius 2 is 2.08 bits per heavy atom. The number of hydrogen-bond donors (Lipinski definition) is 2. The Hall–Kier alpha value is -1.22. The summed E-state index contributed by atoms with van der Waals surface area (Å²) in [5.74, 6) is 1.48. The van der Waals surface area contributed by atoms with Gasteiger partial charge in [0.25, 0.3) is 0 Å². The first-order valence-corrected chi connectivity index (χ1v) is 9.98. The van der Waals surface area contributed by atoms with E-state index in [0.717, 1.165) is 22.5 Å². The molecule has 1 heterocycles. The van der Waals surface area contributed by atoms with Crippen LogP contribution in [0.5, 0.6) is 0 Å². The van der Waals surface area contributed by atoms with Gasteiger partial charge in [-0.3, -0.25) is 4.99 Å². The van der Waals surface area contributed by atoms with E-state index in [-0.39, 0.29) is 24.0 Å². The molecule has 1 saturated carbocycles. The molecule has 5 nitrogen and oxygen atoms in total. The molecule has 0 aliphatic heterocycles. The monoisotopic (exact) mass is 486 g/mol. The average Bonchev–Trinajstić information content (AvgIpc) is 3.28. The van der Waals surface area contributed by atoms with Gasteiger partial charge < -0.3 is 15.1 Å². The number of hydrogen-bond acceptors (Lipinski definition) is 4. The highest BCUT2D eigenvalue weighted by Gasteiger charge is 2.24. The van der Waals surface area contributed by atoms with Crippen molar-refractivity contribution in [3.63, 3.8) is 0 Å². The van der Waals surface area contributed by atoms with Crippen LogP contribution in [0.4, 0.5) is 0 Å². The molecule has 0 amide bonds. The maximum atomic E-state index is 5.60. The van der Waals surface area contributed by atoms with Crippen LogP contribution in [0.25, 0.3) is 11.5 Å². The van der Waals surface area contributed by atoms with E-state index in [1.54, 1.807) is 13.3 Å². The van der Waals surface area contributed by atoms with Crippen molar-refractivity contribution in [2.75, 3.05) is 13.3 Å². The predicted octanol–water partition coefficient (Wildman–Crippen LogP) is 4.22. The Balaban J connectivity index is 0.00000243. The van der Waals surface area contributed by atoms with Crippen LogP contribution in [-0.2, 0) is 6.54 Å². The predicted molar refractivity (Wildman–Crippen MR) is 120 cm³/mol. The molecule has 7 heteroatoms. The number of aryl methyl sites for hydroxylation is 1. The lowest BCUT2D eigenvalue weighted by Gasteiger charge is -2.16. The molecular formula is C19H27IN4OS. The molecule has 3 rings (SSSR count). The second-order valence-electron chi connectivity index (χ2n) is 6.45. The van der Waals surface area contributed by atoms with Gasteiger partial charge in [-0.15, -0.1) is 24.0 Å². The van der Waals surface area contributed by atoms with Gasteiger partial charge in [0.2, 0.25) is 5.89 Å². The minimum Gasteiger partial charge on any atom is -0.444 e. The van der Waals surface area contributed by atoms with Crippen molar-refractivity contribution in [1.82, 2.24) is 15.6 Å². The Kier molecular flexibility index (Phi) is 8.27. The van der Waals surface area contributed by atoms with Gasteiger partial charge in [0, 0.05) is 23.9 Å². The Morgan fingerprint density at radius 3 is 2.73 bits per heavy atom. The molecule has 142 valence electrons. The maximum Gasteiger partial charge on any atom is 0.226 e. The molecule has 0 radical (unpaired) electrons. The number of oxazole rings is 1. The quantitative estimate of drug-likeness (QED) is 0.377. The van der Waals surface area contributed by atoms with Gasteiger partial charge in [0.05, 0.1) is 12.2 Å². The van der Waals surface area contributed by atoms with E-state index < -0.39 is 0 Å². The van der Waals surface area contributed by atoms with Crippen molar-refractivity contribution in [2.24, 2.45) is 4.99 Å². The van der Waals surface area contributed by atoms with Crippen LogP contribution in [0.3, 0.4) is 0 Å². The van der Waals surface area contributed by atoms with Gasteiger partial charge in [0.15, 0.2) is 5.96 Å². The number of nitrogens with one attached hydrogen (secondary N) is 2. The Morgan fingerprint density at radius 1 is 1.31 bits per heavy atom. The summed E-state index contributed by atoms with van der Waals surface area (Å²) in [6.07, 6.45) is 7.57. The lowest BCUT2D eigenvalue weighted by atomic mass is 10.1. The fraction of sp³-hybridized carbons (Fsp3) is 0.474. The van der Waals surface area contributed by atoms with Gasteiger partial charge in [-0.2, -0.15) is 11.8 Å². The first-order valence-electron chi connectivity index (χ1n) is 8.69. The molecule has 1 aliphatic rings. The van der Waals surface area contributed by atoms with Crippen LogP contribution in [0.2, 0.25) is 0 Å². The summed E-state index contributed by atoms with van der Waals surface area (Å²) in [6.45, 7) is 2.66. The van der Waals surface area contributed by atoms with Crippen molar-refractivity contribution < 1.29 is 4.42 Å². The highest BCUT2D eigenvalue weighted by molar-refractivity contribution is 14.0. The first-order chi connectivity index (χ1) is 12.2. The number of halogens is 1. The SMILES string of the molecule is CN=C(NCc1coc(-c2ccc(C)cc2)n1)NC1CCC(SC)C1.I. The fourth-order valence-electron chi connectivity index (χ4n) is 3.06. The van der Waals surface area contributed by atoms with Gasteiger partial charge in [-0.1, -0.05) is 17.7 Å². The average molecular weight is 486 g/mol. The van der Waals surface area contributed by atoms with Crippen molar-refractivity contribution in [3.05, 3.63) is 41.8 Å². The third-order valence-electron chi connectivity index (χ3n) is 4.57.